The maximum Gasteiger partial charge on any atom is 0.247 e. The van der Waals surface area contributed by atoms with Crippen molar-refractivity contribution in [3.05, 3.63) is 18.3 Å². The normalized spacial score (nSPS) is 19.7. The maximum atomic E-state index is 12.8. The Balaban J connectivity index is 1.94. The van der Waals surface area contributed by atoms with Crippen LogP contribution in [0.5, 0.6) is 0 Å². The first-order chi connectivity index (χ1) is 9.13. The van der Waals surface area contributed by atoms with Crippen LogP contribution in [0.1, 0.15) is 25.7 Å². The number of hydrogen-bond donors (Lipinski definition) is 1. The van der Waals surface area contributed by atoms with Gasteiger partial charge in [-0.15, -0.1) is 0 Å². The van der Waals surface area contributed by atoms with Crippen molar-refractivity contribution in [2.24, 2.45) is 5.92 Å². The molecular weight excluding hydrogens is 262 g/mol. The lowest BCUT2D eigenvalue weighted by atomic mass is 10.4. The Labute approximate surface area is 114 Å². The van der Waals surface area contributed by atoms with Gasteiger partial charge in [0.05, 0.1) is 0 Å². The van der Waals surface area contributed by atoms with Crippen molar-refractivity contribution in [1.82, 2.24) is 9.29 Å². The quantitative estimate of drug-likeness (QED) is 0.862. The van der Waals surface area contributed by atoms with E-state index in [1.807, 2.05) is 0 Å². The van der Waals surface area contributed by atoms with E-state index in [1.54, 1.807) is 29.7 Å². The molecule has 104 valence electrons. The van der Waals surface area contributed by atoms with Crippen molar-refractivity contribution in [2.45, 2.75) is 36.6 Å². The van der Waals surface area contributed by atoms with Crippen molar-refractivity contribution < 1.29 is 8.42 Å². The van der Waals surface area contributed by atoms with Crippen LogP contribution in [0.4, 0.5) is 5.82 Å². The molecule has 19 heavy (non-hydrogen) atoms. The molecule has 0 saturated heterocycles. The maximum absolute atomic E-state index is 12.8. The lowest BCUT2D eigenvalue weighted by Crippen LogP contribution is -2.35. The van der Waals surface area contributed by atoms with Crippen molar-refractivity contribution in [1.29, 1.82) is 0 Å². The minimum atomic E-state index is -3.43. The second kappa shape index (κ2) is 4.76. The summed E-state index contributed by atoms with van der Waals surface area (Å²) < 4.78 is 27.3. The zero-order chi connectivity index (χ0) is 13.5. The lowest BCUT2D eigenvalue weighted by molar-refractivity contribution is 0.389. The van der Waals surface area contributed by atoms with Crippen LogP contribution in [-0.4, -0.2) is 37.3 Å². The molecule has 2 aliphatic carbocycles. The molecule has 5 nitrogen and oxygen atoms in total. The van der Waals surface area contributed by atoms with E-state index in [2.05, 4.69) is 10.3 Å². The number of rotatable bonds is 6. The van der Waals surface area contributed by atoms with Gasteiger partial charge in [0.1, 0.15) is 10.7 Å². The van der Waals surface area contributed by atoms with Crippen molar-refractivity contribution in [2.75, 3.05) is 18.9 Å². The first kappa shape index (κ1) is 12.9. The van der Waals surface area contributed by atoms with E-state index in [4.69, 9.17) is 0 Å². The van der Waals surface area contributed by atoms with Gasteiger partial charge in [0, 0.05) is 25.8 Å². The van der Waals surface area contributed by atoms with Gasteiger partial charge in [-0.25, -0.2) is 13.4 Å². The topological polar surface area (TPSA) is 62.3 Å². The number of anilines is 1. The van der Waals surface area contributed by atoms with Crippen LogP contribution >= 0.6 is 0 Å². The summed E-state index contributed by atoms with van der Waals surface area (Å²) in [4.78, 5) is 4.40. The summed E-state index contributed by atoms with van der Waals surface area (Å²) in [5.41, 5.74) is 0. The average molecular weight is 281 g/mol. The largest absolute Gasteiger partial charge is 0.372 e. The molecule has 1 aromatic heterocycles. The van der Waals surface area contributed by atoms with Crippen LogP contribution in [0.25, 0.3) is 0 Å². The van der Waals surface area contributed by atoms with Gasteiger partial charge in [0.15, 0.2) is 0 Å². The molecule has 6 heteroatoms. The van der Waals surface area contributed by atoms with Crippen LogP contribution < -0.4 is 5.32 Å². The molecule has 0 atom stereocenters. The fourth-order valence-electron chi connectivity index (χ4n) is 2.27. The molecule has 0 unspecified atom stereocenters. The van der Waals surface area contributed by atoms with Gasteiger partial charge < -0.3 is 5.32 Å². The summed E-state index contributed by atoms with van der Waals surface area (Å²) >= 11 is 0. The third-order valence-corrected chi connectivity index (χ3v) is 5.63. The van der Waals surface area contributed by atoms with E-state index in [1.165, 1.54) is 0 Å². The van der Waals surface area contributed by atoms with E-state index >= 15 is 0 Å². The average Bonchev–Trinajstić information content (AvgIpc) is 3.28. The summed E-state index contributed by atoms with van der Waals surface area (Å²) in [5, 5.41) is 2.87. The van der Waals surface area contributed by atoms with Crippen molar-refractivity contribution in [3.63, 3.8) is 0 Å². The molecule has 0 aromatic carbocycles. The van der Waals surface area contributed by atoms with E-state index < -0.39 is 10.0 Å². The second-order valence-electron chi connectivity index (χ2n) is 5.35. The number of sulfonamides is 1. The van der Waals surface area contributed by atoms with Gasteiger partial charge in [-0.2, -0.15) is 4.31 Å². The van der Waals surface area contributed by atoms with Gasteiger partial charge >= 0.3 is 0 Å². The predicted octanol–water partition coefficient (Wildman–Crippen LogP) is 1.69. The molecule has 2 saturated carbocycles. The Hall–Kier alpha value is -1.14. The Morgan fingerprint density at radius 1 is 1.37 bits per heavy atom. The van der Waals surface area contributed by atoms with Crippen LogP contribution in [0.15, 0.2) is 23.2 Å². The monoisotopic (exact) mass is 281 g/mol. The molecule has 1 heterocycles. The molecular formula is C13H19N3O2S. The lowest BCUT2D eigenvalue weighted by Gasteiger charge is -2.22. The molecule has 2 aliphatic rings. The zero-order valence-electron chi connectivity index (χ0n) is 11.0. The number of hydrogen-bond acceptors (Lipinski definition) is 4. The van der Waals surface area contributed by atoms with Crippen LogP contribution in [-0.2, 0) is 10.0 Å². The summed E-state index contributed by atoms with van der Waals surface area (Å²) in [6.07, 6.45) is 5.89. The summed E-state index contributed by atoms with van der Waals surface area (Å²) in [7, 11) is -1.73. The van der Waals surface area contributed by atoms with E-state index in [0.717, 1.165) is 25.7 Å². The molecule has 1 N–H and O–H groups in total. The zero-order valence-corrected chi connectivity index (χ0v) is 11.9. The highest BCUT2D eigenvalue weighted by atomic mass is 32.2. The summed E-state index contributed by atoms with van der Waals surface area (Å²) in [5.74, 6) is 0.994. The minimum Gasteiger partial charge on any atom is -0.372 e. The fraction of sp³-hybridized carbons (Fsp3) is 0.615. The Morgan fingerprint density at radius 3 is 2.68 bits per heavy atom. The second-order valence-corrected chi connectivity index (χ2v) is 7.21. The van der Waals surface area contributed by atoms with Gasteiger partial charge in [-0.05, 0) is 43.7 Å². The van der Waals surface area contributed by atoms with Gasteiger partial charge in [-0.3, -0.25) is 0 Å². The Bertz CT molecular complexity index is 565. The molecule has 2 fully saturated rings. The molecule has 0 amide bonds. The van der Waals surface area contributed by atoms with Crippen molar-refractivity contribution >= 4 is 15.8 Å². The smallest absolute Gasteiger partial charge is 0.247 e. The number of nitrogens with one attached hydrogen (secondary N) is 1. The van der Waals surface area contributed by atoms with E-state index in [0.29, 0.717) is 23.2 Å². The summed E-state index contributed by atoms with van der Waals surface area (Å²) in [6.45, 7) is 0.672. The highest BCUT2D eigenvalue weighted by Crippen LogP contribution is 2.38. The van der Waals surface area contributed by atoms with E-state index in [-0.39, 0.29) is 6.04 Å². The third-order valence-electron chi connectivity index (χ3n) is 3.68. The van der Waals surface area contributed by atoms with Crippen LogP contribution in [0.3, 0.4) is 0 Å². The van der Waals surface area contributed by atoms with Crippen molar-refractivity contribution in [3.8, 4) is 0 Å². The molecule has 1 aromatic rings. The first-order valence-electron chi connectivity index (χ1n) is 6.77. The number of aromatic nitrogens is 1. The molecule has 0 radical (unpaired) electrons. The molecule has 0 aliphatic heterocycles. The van der Waals surface area contributed by atoms with Crippen LogP contribution in [0, 0.1) is 5.92 Å². The van der Waals surface area contributed by atoms with Gasteiger partial charge in [-0.1, -0.05) is 0 Å². The van der Waals surface area contributed by atoms with Gasteiger partial charge in [0.25, 0.3) is 0 Å². The standard InChI is InChI=1S/C13H19N3O2S/c1-14-13-12(3-2-8-15-13)19(17,18)16(11-6-7-11)9-10-4-5-10/h2-3,8,10-11H,4-7,9H2,1H3,(H,14,15). The SMILES string of the molecule is CNc1ncccc1S(=O)(=O)N(CC1CC1)C1CC1. The van der Waals surface area contributed by atoms with E-state index in [9.17, 15) is 8.42 Å². The number of nitrogens with zero attached hydrogens (tertiary/aromatic N) is 2. The minimum absolute atomic E-state index is 0.204. The molecule has 3 rings (SSSR count). The summed E-state index contributed by atoms with van der Waals surface area (Å²) in [6, 6.07) is 3.52. The third kappa shape index (κ3) is 2.60. The molecule has 0 spiro atoms. The Kier molecular flexibility index (Phi) is 3.22. The Morgan fingerprint density at radius 2 is 2.11 bits per heavy atom. The fourth-order valence-corrected chi connectivity index (χ4v) is 4.19. The van der Waals surface area contributed by atoms with Crippen LogP contribution in [0.2, 0.25) is 0 Å². The number of pyridine rings is 1. The highest BCUT2D eigenvalue weighted by Gasteiger charge is 2.41. The highest BCUT2D eigenvalue weighted by molar-refractivity contribution is 7.89. The predicted molar refractivity (Wildman–Crippen MR) is 73.4 cm³/mol. The van der Waals surface area contributed by atoms with Gasteiger partial charge in [0.2, 0.25) is 10.0 Å². The molecule has 0 bridgehead atoms. The first-order valence-corrected chi connectivity index (χ1v) is 8.21.